The number of hydrogen-bond donors (Lipinski definition) is 2. The van der Waals surface area contributed by atoms with Gasteiger partial charge in [-0.2, -0.15) is 4.98 Å². The summed E-state index contributed by atoms with van der Waals surface area (Å²) in [6, 6.07) is 7.59. The maximum atomic E-state index is 11.1. The smallest absolute Gasteiger partial charge is 0.333 e. The Labute approximate surface area is 128 Å². The Hall–Kier alpha value is -2.41. The highest BCUT2D eigenvalue weighted by Crippen LogP contribution is 2.19. The molecule has 7 nitrogen and oxygen atoms in total. The van der Waals surface area contributed by atoms with Gasteiger partial charge in [0.1, 0.15) is 0 Å². The fraction of sp³-hybridized carbons (Fsp3) is 0.400. The molecule has 0 aliphatic rings. The van der Waals surface area contributed by atoms with Gasteiger partial charge in [-0.25, -0.2) is 9.48 Å². The van der Waals surface area contributed by atoms with Gasteiger partial charge in [-0.1, -0.05) is 24.3 Å². The molecule has 1 heterocycles. The highest BCUT2D eigenvalue weighted by atomic mass is 16.5. The molecule has 0 saturated carbocycles. The number of aryl methyl sites for hydroxylation is 1. The first kappa shape index (κ1) is 16.0. The van der Waals surface area contributed by atoms with Crippen LogP contribution in [0.2, 0.25) is 0 Å². The van der Waals surface area contributed by atoms with Gasteiger partial charge in [0.25, 0.3) is 0 Å². The van der Waals surface area contributed by atoms with Crippen molar-refractivity contribution in [2.45, 2.75) is 19.4 Å². The SMILES string of the molecule is CCOC(Cc1ccc(-c2nc(NC)nn2C)cc1)C(=O)O. The van der Waals surface area contributed by atoms with Gasteiger partial charge in [-0.15, -0.1) is 5.10 Å². The van der Waals surface area contributed by atoms with E-state index in [4.69, 9.17) is 9.84 Å². The quantitative estimate of drug-likeness (QED) is 0.807. The lowest BCUT2D eigenvalue weighted by molar-refractivity contribution is -0.149. The van der Waals surface area contributed by atoms with Crippen LogP contribution in [0.1, 0.15) is 12.5 Å². The molecule has 0 spiro atoms. The molecule has 1 atom stereocenters. The van der Waals surface area contributed by atoms with Gasteiger partial charge in [0.15, 0.2) is 11.9 Å². The number of nitrogens with zero attached hydrogens (tertiary/aromatic N) is 3. The highest BCUT2D eigenvalue weighted by molar-refractivity contribution is 5.72. The Morgan fingerprint density at radius 3 is 2.59 bits per heavy atom. The largest absolute Gasteiger partial charge is 0.479 e. The second kappa shape index (κ2) is 7.04. The molecule has 0 saturated heterocycles. The Morgan fingerprint density at radius 1 is 1.41 bits per heavy atom. The van der Waals surface area contributed by atoms with E-state index in [0.29, 0.717) is 19.0 Å². The summed E-state index contributed by atoms with van der Waals surface area (Å²) in [5, 5.41) is 16.2. The molecule has 0 radical (unpaired) electrons. The van der Waals surface area contributed by atoms with Gasteiger partial charge < -0.3 is 15.2 Å². The summed E-state index contributed by atoms with van der Waals surface area (Å²) < 4.78 is 6.92. The summed E-state index contributed by atoms with van der Waals surface area (Å²) in [5.41, 5.74) is 1.82. The molecule has 0 aliphatic carbocycles. The van der Waals surface area contributed by atoms with Crippen molar-refractivity contribution in [2.75, 3.05) is 19.0 Å². The van der Waals surface area contributed by atoms with Gasteiger partial charge in [-0.3, -0.25) is 0 Å². The Bertz CT molecular complexity index is 637. The maximum Gasteiger partial charge on any atom is 0.333 e. The van der Waals surface area contributed by atoms with E-state index in [1.165, 1.54) is 0 Å². The van der Waals surface area contributed by atoms with E-state index >= 15 is 0 Å². The first-order valence-electron chi connectivity index (χ1n) is 7.07. The summed E-state index contributed by atoms with van der Waals surface area (Å²) in [4.78, 5) is 15.5. The van der Waals surface area contributed by atoms with Crippen molar-refractivity contribution in [1.82, 2.24) is 14.8 Å². The molecule has 2 rings (SSSR count). The van der Waals surface area contributed by atoms with Gasteiger partial charge in [0.2, 0.25) is 5.95 Å². The fourth-order valence-corrected chi connectivity index (χ4v) is 2.16. The molecule has 1 unspecified atom stereocenters. The monoisotopic (exact) mass is 304 g/mol. The summed E-state index contributed by atoms with van der Waals surface area (Å²) in [5.74, 6) is 0.359. The van der Waals surface area contributed by atoms with Crippen LogP contribution in [0, 0.1) is 0 Å². The third-order valence-electron chi connectivity index (χ3n) is 3.26. The number of aromatic nitrogens is 3. The van der Waals surface area contributed by atoms with E-state index in [1.54, 1.807) is 18.7 Å². The molecule has 1 aromatic heterocycles. The minimum atomic E-state index is -0.946. The molecule has 7 heteroatoms. The molecule has 1 aromatic carbocycles. The third kappa shape index (κ3) is 3.62. The first-order chi connectivity index (χ1) is 10.5. The van der Waals surface area contributed by atoms with Crippen LogP contribution in [0.4, 0.5) is 5.95 Å². The van der Waals surface area contributed by atoms with Crippen molar-refractivity contribution in [1.29, 1.82) is 0 Å². The van der Waals surface area contributed by atoms with Crippen LogP contribution in [0.5, 0.6) is 0 Å². The van der Waals surface area contributed by atoms with Crippen molar-refractivity contribution in [3.63, 3.8) is 0 Å². The predicted molar refractivity (Wildman–Crippen MR) is 82.7 cm³/mol. The lowest BCUT2D eigenvalue weighted by Gasteiger charge is -2.12. The molecule has 118 valence electrons. The summed E-state index contributed by atoms with van der Waals surface area (Å²) in [7, 11) is 3.59. The van der Waals surface area contributed by atoms with Crippen LogP contribution in [0.25, 0.3) is 11.4 Å². The van der Waals surface area contributed by atoms with E-state index in [0.717, 1.165) is 17.0 Å². The zero-order valence-corrected chi connectivity index (χ0v) is 12.9. The lowest BCUT2D eigenvalue weighted by atomic mass is 10.1. The van der Waals surface area contributed by atoms with Crippen molar-refractivity contribution < 1.29 is 14.6 Å². The molecular weight excluding hydrogens is 284 g/mol. The average Bonchev–Trinajstić information content (AvgIpc) is 2.88. The summed E-state index contributed by atoms with van der Waals surface area (Å²) in [6.07, 6.45) is -0.481. The second-order valence-corrected chi connectivity index (χ2v) is 4.82. The van der Waals surface area contributed by atoms with Crippen LogP contribution >= 0.6 is 0 Å². The second-order valence-electron chi connectivity index (χ2n) is 4.82. The van der Waals surface area contributed by atoms with Crippen LogP contribution in [0.15, 0.2) is 24.3 Å². The van der Waals surface area contributed by atoms with Crippen molar-refractivity contribution in [3.8, 4) is 11.4 Å². The lowest BCUT2D eigenvalue weighted by Crippen LogP contribution is -2.26. The van der Waals surface area contributed by atoms with Crippen LogP contribution < -0.4 is 5.32 Å². The minimum absolute atomic E-state index is 0.337. The number of ether oxygens (including phenoxy) is 1. The number of carboxylic acids is 1. The molecule has 22 heavy (non-hydrogen) atoms. The topological polar surface area (TPSA) is 89.3 Å². The number of aliphatic carboxylic acids is 1. The Balaban J connectivity index is 2.15. The molecule has 2 N–H and O–H groups in total. The Morgan fingerprint density at radius 2 is 2.09 bits per heavy atom. The normalized spacial score (nSPS) is 12.1. The summed E-state index contributed by atoms with van der Waals surface area (Å²) in [6.45, 7) is 2.16. The highest BCUT2D eigenvalue weighted by Gasteiger charge is 2.18. The molecule has 0 bridgehead atoms. The average molecular weight is 304 g/mol. The number of nitrogens with one attached hydrogen (secondary N) is 1. The molecule has 0 amide bonds. The number of hydrogen-bond acceptors (Lipinski definition) is 5. The standard InChI is InChI=1S/C15H20N4O3/c1-4-22-12(14(20)21)9-10-5-7-11(8-6-10)13-17-15(16-2)18-19(13)3/h5-8,12H,4,9H2,1-3H3,(H,16,18)(H,20,21). The predicted octanol–water partition coefficient (Wildman–Crippen LogP) is 1.56. The van der Waals surface area contributed by atoms with Crippen molar-refractivity contribution in [2.24, 2.45) is 7.05 Å². The van der Waals surface area contributed by atoms with E-state index < -0.39 is 12.1 Å². The van der Waals surface area contributed by atoms with Crippen LogP contribution in [-0.2, 0) is 23.0 Å². The van der Waals surface area contributed by atoms with E-state index in [9.17, 15) is 4.79 Å². The minimum Gasteiger partial charge on any atom is -0.479 e. The maximum absolute atomic E-state index is 11.1. The van der Waals surface area contributed by atoms with E-state index in [1.807, 2.05) is 31.3 Å². The molecular formula is C15H20N4O3. The number of rotatable bonds is 7. The molecule has 2 aromatic rings. The van der Waals surface area contributed by atoms with E-state index in [2.05, 4.69) is 15.4 Å². The summed E-state index contributed by atoms with van der Waals surface area (Å²) >= 11 is 0. The number of carbonyl (C=O) groups is 1. The van der Waals surface area contributed by atoms with Crippen LogP contribution in [-0.4, -0.2) is 45.6 Å². The van der Waals surface area contributed by atoms with E-state index in [-0.39, 0.29) is 0 Å². The zero-order chi connectivity index (χ0) is 16.1. The van der Waals surface area contributed by atoms with Gasteiger partial charge in [-0.05, 0) is 12.5 Å². The van der Waals surface area contributed by atoms with Gasteiger partial charge in [0.05, 0.1) is 0 Å². The molecule has 0 fully saturated rings. The first-order valence-corrected chi connectivity index (χ1v) is 7.07. The zero-order valence-electron chi connectivity index (χ0n) is 12.9. The van der Waals surface area contributed by atoms with Crippen LogP contribution in [0.3, 0.4) is 0 Å². The number of carboxylic acid groups (broad SMARTS) is 1. The third-order valence-corrected chi connectivity index (χ3v) is 3.26. The number of benzene rings is 1. The fourth-order valence-electron chi connectivity index (χ4n) is 2.16. The van der Waals surface area contributed by atoms with Gasteiger partial charge in [0, 0.05) is 32.7 Å². The molecule has 0 aliphatic heterocycles. The number of anilines is 1. The Kier molecular flexibility index (Phi) is 5.11. The van der Waals surface area contributed by atoms with Crippen molar-refractivity contribution in [3.05, 3.63) is 29.8 Å². The van der Waals surface area contributed by atoms with Gasteiger partial charge >= 0.3 is 5.97 Å². The van der Waals surface area contributed by atoms with Crippen molar-refractivity contribution >= 4 is 11.9 Å².